The van der Waals surface area contributed by atoms with E-state index in [9.17, 15) is 9.59 Å². The van der Waals surface area contributed by atoms with Gasteiger partial charge in [0.15, 0.2) is 0 Å². The summed E-state index contributed by atoms with van der Waals surface area (Å²) in [6, 6.07) is 16.4. The zero-order valence-electron chi connectivity index (χ0n) is 19.6. The predicted molar refractivity (Wildman–Crippen MR) is 133 cm³/mol. The second-order valence-corrected chi connectivity index (χ2v) is 8.32. The monoisotopic (exact) mass is 463 g/mol. The molecule has 2 aromatic carbocycles. The molecule has 7 heteroatoms. The lowest BCUT2D eigenvalue weighted by atomic mass is 10.1. The number of H-pyrrole nitrogens is 1. The first-order chi connectivity index (χ1) is 16.6. The number of nitrogens with zero attached hydrogens (tertiary/aromatic N) is 1. The maximum atomic E-state index is 11.3. The molecule has 1 heterocycles. The lowest BCUT2D eigenvalue weighted by Crippen LogP contribution is -2.27. The molecule has 3 rings (SSSR count). The number of hydroxylamine groups is 1. The van der Waals surface area contributed by atoms with Crippen molar-refractivity contribution in [2.24, 2.45) is 0 Å². The number of amides is 1. The van der Waals surface area contributed by atoms with Gasteiger partial charge in [0.25, 0.3) is 5.91 Å². The van der Waals surface area contributed by atoms with E-state index in [0.717, 1.165) is 56.4 Å². The number of rotatable bonds is 13. The number of methoxy groups -OCH3 is 1. The van der Waals surface area contributed by atoms with Gasteiger partial charge in [0.1, 0.15) is 0 Å². The fourth-order valence-electron chi connectivity index (χ4n) is 3.97. The van der Waals surface area contributed by atoms with Crippen LogP contribution in [0.2, 0.25) is 0 Å². The van der Waals surface area contributed by atoms with Crippen molar-refractivity contribution in [3.05, 3.63) is 77.5 Å². The average Bonchev–Trinajstić information content (AvgIpc) is 3.29. The highest BCUT2D eigenvalue weighted by Crippen LogP contribution is 2.19. The first kappa shape index (κ1) is 25.2. The summed E-state index contributed by atoms with van der Waals surface area (Å²) in [6.07, 6.45) is 9.30. The van der Waals surface area contributed by atoms with Crippen molar-refractivity contribution in [1.82, 2.24) is 15.4 Å². The number of nitrogens with one attached hydrogen (secondary N) is 2. The van der Waals surface area contributed by atoms with Crippen molar-refractivity contribution in [3.8, 4) is 0 Å². The molecule has 0 unspecified atom stereocenters. The van der Waals surface area contributed by atoms with Gasteiger partial charge in [0.2, 0.25) is 0 Å². The highest BCUT2D eigenvalue weighted by Gasteiger charge is 2.10. The largest absolute Gasteiger partial charge is 0.469 e. The summed E-state index contributed by atoms with van der Waals surface area (Å²) >= 11 is 0. The van der Waals surface area contributed by atoms with Gasteiger partial charge >= 0.3 is 5.97 Å². The zero-order chi connectivity index (χ0) is 24.2. The third-order valence-electron chi connectivity index (χ3n) is 5.88. The van der Waals surface area contributed by atoms with Crippen LogP contribution >= 0.6 is 0 Å². The van der Waals surface area contributed by atoms with Crippen molar-refractivity contribution in [3.63, 3.8) is 0 Å². The number of ether oxygens (including phenoxy) is 1. The molecule has 0 fully saturated rings. The van der Waals surface area contributed by atoms with E-state index in [1.807, 2.05) is 18.2 Å². The number of carbonyl (C=O) groups is 2. The number of esters is 1. The van der Waals surface area contributed by atoms with E-state index in [2.05, 4.69) is 46.4 Å². The molecule has 0 atom stereocenters. The topological polar surface area (TPSA) is 94.7 Å². The Labute approximate surface area is 200 Å². The van der Waals surface area contributed by atoms with Crippen LogP contribution in [0.25, 0.3) is 17.0 Å². The number of aromatic amines is 1. The Bertz CT molecular complexity index is 1090. The third kappa shape index (κ3) is 7.86. The van der Waals surface area contributed by atoms with Crippen molar-refractivity contribution >= 4 is 28.9 Å². The molecule has 3 aromatic rings. The fraction of sp³-hybridized carbons (Fsp3) is 0.333. The van der Waals surface area contributed by atoms with Gasteiger partial charge in [-0.3, -0.25) is 19.7 Å². The number of carbonyl (C=O) groups excluding carboxylic acids is 2. The number of fused-ring (bicyclic) bond motifs is 1. The molecule has 34 heavy (non-hydrogen) atoms. The molecule has 0 aliphatic carbocycles. The van der Waals surface area contributed by atoms with E-state index in [4.69, 9.17) is 9.94 Å². The van der Waals surface area contributed by atoms with E-state index in [1.54, 1.807) is 11.6 Å². The van der Waals surface area contributed by atoms with Crippen LogP contribution in [0.4, 0.5) is 0 Å². The van der Waals surface area contributed by atoms with Crippen LogP contribution in [0.15, 0.2) is 60.8 Å². The number of unbranched alkanes of at least 4 members (excludes halogenated alkanes) is 2. The van der Waals surface area contributed by atoms with Crippen molar-refractivity contribution in [2.75, 3.05) is 20.2 Å². The fourth-order valence-corrected chi connectivity index (χ4v) is 3.97. The number of benzene rings is 2. The van der Waals surface area contributed by atoms with Gasteiger partial charge in [-0.1, -0.05) is 48.9 Å². The van der Waals surface area contributed by atoms with E-state index in [0.29, 0.717) is 6.42 Å². The van der Waals surface area contributed by atoms with Gasteiger partial charge in [-0.05, 0) is 54.6 Å². The number of para-hydroxylation sites is 1. The molecule has 0 aliphatic heterocycles. The molecule has 0 saturated carbocycles. The Hall–Kier alpha value is -3.42. The van der Waals surface area contributed by atoms with Crippen LogP contribution in [0.3, 0.4) is 0 Å². The summed E-state index contributed by atoms with van der Waals surface area (Å²) in [4.78, 5) is 28.3. The van der Waals surface area contributed by atoms with E-state index in [-0.39, 0.29) is 5.97 Å². The lowest BCUT2D eigenvalue weighted by Gasteiger charge is -2.22. The Morgan fingerprint density at radius 2 is 1.85 bits per heavy atom. The minimum atomic E-state index is -0.556. The van der Waals surface area contributed by atoms with Crippen LogP contribution in [0.5, 0.6) is 0 Å². The Kier molecular flexibility index (Phi) is 9.88. The molecule has 7 nitrogen and oxygen atoms in total. The second kappa shape index (κ2) is 13.3. The summed E-state index contributed by atoms with van der Waals surface area (Å²) in [6.45, 7) is 2.69. The zero-order valence-corrected chi connectivity index (χ0v) is 19.6. The molecule has 0 saturated heterocycles. The molecule has 0 bridgehead atoms. The van der Waals surface area contributed by atoms with Crippen LogP contribution in [-0.2, 0) is 27.3 Å². The summed E-state index contributed by atoms with van der Waals surface area (Å²) in [5.41, 5.74) is 6.14. The first-order valence-electron chi connectivity index (χ1n) is 11.6. The van der Waals surface area contributed by atoms with Crippen molar-refractivity contribution in [2.45, 2.75) is 38.6 Å². The van der Waals surface area contributed by atoms with Gasteiger partial charge in [-0.25, -0.2) is 5.48 Å². The smallest absolute Gasteiger partial charge is 0.305 e. The number of hydrogen-bond acceptors (Lipinski definition) is 5. The Balaban J connectivity index is 1.60. The molecule has 0 spiro atoms. The van der Waals surface area contributed by atoms with E-state index in [1.165, 1.54) is 29.7 Å². The predicted octanol–water partition coefficient (Wildman–Crippen LogP) is 4.46. The van der Waals surface area contributed by atoms with Crippen LogP contribution < -0.4 is 5.48 Å². The third-order valence-corrected chi connectivity index (χ3v) is 5.88. The van der Waals surface area contributed by atoms with Gasteiger partial charge < -0.3 is 9.72 Å². The molecule has 1 amide bonds. The van der Waals surface area contributed by atoms with Gasteiger partial charge in [-0.15, -0.1) is 0 Å². The van der Waals surface area contributed by atoms with E-state index >= 15 is 0 Å². The van der Waals surface area contributed by atoms with Crippen LogP contribution in [0.1, 0.15) is 42.4 Å². The Morgan fingerprint density at radius 1 is 1.06 bits per heavy atom. The summed E-state index contributed by atoms with van der Waals surface area (Å²) in [5.74, 6) is -0.707. The molecule has 1 aromatic heterocycles. The SMILES string of the molecule is COC(=O)CCCCCN(CCc1c[nH]c2ccccc12)Cc1ccc(C=CC(=O)NO)cc1. The molecule has 180 valence electrons. The highest BCUT2D eigenvalue weighted by atomic mass is 16.5. The standard InChI is InChI=1S/C27H33N3O4/c1-34-27(32)9-3-2-6-17-30(18-16-23-19-28-25-8-5-4-7-24(23)25)20-22-12-10-21(11-13-22)14-15-26(31)29-33/h4-5,7-8,10-15,19,28,33H,2-3,6,9,16-18,20H2,1H3,(H,29,31). The number of hydrogen-bond donors (Lipinski definition) is 3. The van der Waals surface area contributed by atoms with E-state index < -0.39 is 5.91 Å². The summed E-state index contributed by atoms with van der Waals surface area (Å²) in [5, 5.41) is 9.86. The number of aromatic nitrogens is 1. The summed E-state index contributed by atoms with van der Waals surface area (Å²) < 4.78 is 4.73. The first-order valence-corrected chi connectivity index (χ1v) is 11.6. The van der Waals surface area contributed by atoms with Gasteiger partial charge in [0, 0.05) is 42.7 Å². The molecule has 3 N–H and O–H groups in total. The van der Waals surface area contributed by atoms with Crippen molar-refractivity contribution in [1.29, 1.82) is 0 Å². The highest BCUT2D eigenvalue weighted by molar-refractivity contribution is 5.90. The Morgan fingerprint density at radius 3 is 2.62 bits per heavy atom. The second-order valence-electron chi connectivity index (χ2n) is 8.32. The van der Waals surface area contributed by atoms with Crippen molar-refractivity contribution < 1.29 is 19.5 Å². The molecule has 0 aliphatic rings. The molecular formula is C27H33N3O4. The maximum absolute atomic E-state index is 11.3. The van der Waals surface area contributed by atoms with Gasteiger partial charge in [0.05, 0.1) is 7.11 Å². The quantitative estimate of drug-likeness (QED) is 0.114. The maximum Gasteiger partial charge on any atom is 0.305 e. The minimum absolute atomic E-state index is 0.151. The lowest BCUT2D eigenvalue weighted by molar-refractivity contribution is -0.140. The van der Waals surface area contributed by atoms with Crippen LogP contribution in [-0.4, -0.2) is 47.2 Å². The molecule has 0 radical (unpaired) electrons. The minimum Gasteiger partial charge on any atom is -0.469 e. The van der Waals surface area contributed by atoms with Gasteiger partial charge in [-0.2, -0.15) is 0 Å². The average molecular weight is 464 g/mol. The van der Waals surface area contributed by atoms with Crippen LogP contribution in [0, 0.1) is 0 Å². The molecular weight excluding hydrogens is 430 g/mol. The normalized spacial score (nSPS) is 11.4. The summed E-state index contributed by atoms with van der Waals surface area (Å²) in [7, 11) is 1.43.